The van der Waals surface area contributed by atoms with E-state index in [2.05, 4.69) is 15.9 Å². The van der Waals surface area contributed by atoms with Gasteiger partial charge in [0.15, 0.2) is 18.1 Å². The summed E-state index contributed by atoms with van der Waals surface area (Å²) in [4.78, 5) is 24.7. The van der Waals surface area contributed by atoms with E-state index in [-0.39, 0.29) is 43.5 Å². The van der Waals surface area contributed by atoms with Crippen molar-refractivity contribution >= 4 is 39.4 Å². The predicted molar refractivity (Wildman–Crippen MR) is 153 cm³/mol. The molecule has 0 saturated carbocycles. The molecule has 0 spiro atoms. The van der Waals surface area contributed by atoms with Crippen molar-refractivity contribution in [1.82, 2.24) is 4.90 Å². The number of aliphatic hydroxyl groups is 1. The molecule has 4 N–H and O–H groups in total. The molecule has 3 aromatic rings. The Hall–Kier alpha value is -3.51. The van der Waals surface area contributed by atoms with Gasteiger partial charge in [-0.25, -0.2) is 0 Å². The molecule has 3 aromatic carbocycles. The zero-order valence-electron chi connectivity index (χ0n) is 21.8. The van der Waals surface area contributed by atoms with Gasteiger partial charge in [0.25, 0.3) is 5.91 Å². The number of aliphatic carboxylic acids is 1. The second-order valence-electron chi connectivity index (χ2n) is 9.74. The lowest BCUT2D eigenvalue weighted by Gasteiger charge is -2.23. The molecule has 0 radical (unpaired) electrons. The van der Waals surface area contributed by atoms with Crippen LogP contribution in [0.15, 0.2) is 53.0 Å². The Bertz CT molecular complexity index is 1470. The molecule has 10 nitrogen and oxygen atoms in total. The molecule has 41 heavy (non-hydrogen) atoms. The lowest BCUT2D eigenvalue weighted by Crippen LogP contribution is -2.35. The van der Waals surface area contributed by atoms with E-state index >= 15 is 0 Å². The monoisotopic (exact) mass is 646 g/mol. The van der Waals surface area contributed by atoms with E-state index in [1.165, 1.54) is 0 Å². The number of β-amino-alcohol motifs (C(OH)–C–C–N with tert-alkyl or cyclic N) is 1. The van der Waals surface area contributed by atoms with Gasteiger partial charge >= 0.3 is 5.97 Å². The number of fused-ring (bicyclic) bond motifs is 1. The van der Waals surface area contributed by atoms with Crippen molar-refractivity contribution in [3.05, 3.63) is 69.2 Å². The highest BCUT2D eigenvalue weighted by Crippen LogP contribution is 2.39. The number of amides is 1. The van der Waals surface area contributed by atoms with Crippen molar-refractivity contribution in [2.45, 2.75) is 31.7 Å². The van der Waals surface area contributed by atoms with Gasteiger partial charge < -0.3 is 34.9 Å². The van der Waals surface area contributed by atoms with Crippen LogP contribution in [0.25, 0.3) is 11.1 Å². The van der Waals surface area contributed by atoms with E-state index in [0.29, 0.717) is 36.0 Å². The molecule has 2 aliphatic rings. The number of halogens is 2. The molecule has 0 aliphatic carbocycles. The van der Waals surface area contributed by atoms with Gasteiger partial charge in [-0.15, -0.1) is 0 Å². The topological polar surface area (TPSA) is 141 Å². The second kappa shape index (κ2) is 12.6. The number of benzene rings is 3. The Labute approximate surface area is 249 Å². The average Bonchev–Trinajstić information content (AvgIpc) is 3.32. The zero-order valence-corrected chi connectivity index (χ0v) is 24.2. The van der Waals surface area contributed by atoms with Crippen LogP contribution in [0.4, 0.5) is 0 Å². The third kappa shape index (κ3) is 6.70. The van der Waals surface area contributed by atoms with Gasteiger partial charge in [0.1, 0.15) is 37.4 Å². The maximum Gasteiger partial charge on any atom is 0.321 e. The average molecular weight is 648 g/mol. The molecule has 2 heterocycles. The van der Waals surface area contributed by atoms with Crippen molar-refractivity contribution in [3.63, 3.8) is 0 Å². The summed E-state index contributed by atoms with van der Waals surface area (Å²) >= 11 is 10.3. The molecular formula is C29H28BrClN2O8. The van der Waals surface area contributed by atoms with Crippen molar-refractivity contribution in [1.29, 1.82) is 0 Å². The van der Waals surface area contributed by atoms with Crippen molar-refractivity contribution in [2.75, 3.05) is 26.4 Å². The van der Waals surface area contributed by atoms with Crippen LogP contribution in [0, 0.1) is 0 Å². The minimum absolute atomic E-state index is 0.113. The Morgan fingerprint density at radius 2 is 1.83 bits per heavy atom. The van der Waals surface area contributed by atoms with Crippen molar-refractivity contribution in [2.24, 2.45) is 5.73 Å². The minimum Gasteiger partial charge on any atom is -0.487 e. The van der Waals surface area contributed by atoms with E-state index in [1.54, 1.807) is 17.0 Å². The number of likely N-dealkylation sites (tertiary alicyclic amines) is 1. The molecule has 2 aliphatic heterocycles. The number of carboxylic acids is 1. The largest absolute Gasteiger partial charge is 0.487 e. The van der Waals surface area contributed by atoms with Crippen LogP contribution >= 0.6 is 27.5 Å². The Morgan fingerprint density at radius 3 is 2.59 bits per heavy atom. The fourth-order valence-electron chi connectivity index (χ4n) is 4.90. The fraction of sp³-hybridized carbons (Fsp3) is 0.310. The Balaban J connectivity index is 1.37. The summed E-state index contributed by atoms with van der Waals surface area (Å²) in [6.07, 6.45) is -0.650. The van der Waals surface area contributed by atoms with E-state index in [9.17, 15) is 19.8 Å². The molecule has 1 amide bonds. The number of rotatable bonds is 10. The lowest BCUT2D eigenvalue weighted by atomic mass is 10.0. The first-order valence-electron chi connectivity index (χ1n) is 12.9. The Kier molecular flexibility index (Phi) is 8.88. The van der Waals surface area contributed by atoms with Crippen LogP contribution in [0.2, 0.25) is 5.02 Å². The van der Waals surface area contributed by atoms with Gasteiger partial charge in [-0.05, 0) is 45.3 Å². The zero-order chi connectivity index (χ0) is 29.1. The maximum atomic E-state index is 11.7. The van der Waals surface area contributed by atoms with Crippen molar-refractivity contribution < 1.29 is 38.7 Å². The highest BCUT2D eigenvalue weighted by molar-refractivity contribution is 9.10. The number of carbonyl (C=O) groups excluding carboxylic acids is 1. The molecule has 12 heteroatoms. The van der Waals surface area contributed by atoms with E-state index in [4.69, 9.17) is 36.3 Å². The number of hydrogen-bond donors (Lipinski definition) is 3. The molecule has 216 valence electrons. The lowest BCUT2D eigenvalue weighted by molar-refractivity contribution is -0.142. The molecule has 1 saturated heterocycles. The third-order valence-electron chi connectivity index (χ3n) is 6.84. The molecule has 0 aromatic heterocycles. The van der Waals surface area contributed by atoms with Crippen LogP contribution < -0.4 is 24.7 Å². The van der Waals surface area contributed by atoms with Gasteiger partial charge in [0.2, 0.25) is 0 Å². The summed E-state index contributed by atoms with van der Waals surface area (Å²) in [5.41, 5.74) is 8.56. The fourth-order valence-corrected chi connectivity index (χ4v) is 5.75. The molecule has 2 unspecified atom stereocenters. The predicted octanol–water partition coefficient (Wildman–Crippen LogP) is 4.00. The number of nitrogens with zero attached hydrogens (tertiary/aromatic N) is 1. The standard InChI is InChI=1S/C29H28BrClN2O8/c30-28-17(2-1-3-20(28)16-4-5-23-26(9-16)39-7-6-38-23)14-40-25-11-24(41-15-27(32)35)18(8-21(25)31)12-33-13-19(34)10-22(33)29(36)37/h1-5,8-9,11,19,22,34H,6-7,10,12-15H2,(H2,32,35)(H,36,37). The minimum atomic E-state index is -1.03. The summed E-state index contributed by atoms with van der Waals surface area (Å²) in [5.74, 6) is 0.281. The van der Waals surface area contributed by atoms with Crippen LogP contribution in [0.5, 0.6) is 23.0 Å². The molecule has 1 fully saturated rings. The van der Waals surface area contributed by atoms with Crippen LogP contribution in [0.3, 0.4) is 0 Å². The first kappa shape index (κ1) is 29.0. The Morgan fingerprint density at radius 1 is 1.05 bits per heavy atom. The van der Waals surface area contributed by atoms with Gasteiger partial charge in [-0.2, -0.15) is 0 Å². The highest BCUT2D eigenvalue weighted by Gasteiger charge is 2.36. The summed E-state index contributed by atoms with van der Waals surface area (Å²) < 4.78 is 23.9. The van der Waals surface area contributed by atoms with E-state index in [0.717, 1.165) is 21.2 Å². The van der Waals surface area contributed by atoms with E-state index < -0.39 is 24.0 Å². The van der Waals surface area contributed by atoms with E-state index in [1.807, 2.05) is 36.4 Å². The highest BCUT2D eigenvalue weighted by atomic mass is 79.9. The molecular weight excluding hydrogens is 620 g/mol. The molecule has 5 rings (SSSR count). The number of carbonyl (C=O) groups is 2. The summed E-state index contributed by atoms with van der Waals surface area (Å²) in [6.45, 7) is 1.10. The summed E-state index contributed by atoms with van der Waals surface area (Å²) in [7, 11) is 0. The summed E-state index contributed by atoms with van der Waals surface area (Å²) in [6, 6.07) is 13.9. The van der Waals surface area contributed by atoms with Gasteiger partial charge in [0, 0.05) is 41.2 Å². The van der Waals surface area contributed by atoms with Crippen LogP contribution in [0.1, 0.15) is 17.5 Å². The normalized spacial score (nSPS) is 18.2. The second-order valence-corrected chi connectivity index (χ2v) is 10.9. The van der Waals surface area contributed by atoms with Crippen molar-refractivity contribution in [3.8, 4) is 34.1 Å². The molecule has 2 atom stereocenters. The smallest absolute Gasteiger partial charge is 0.321 e. The first-order valence-corrected chi connectivity index (χ1v) is 14.1. The summed E-state index contributed by atoms with van der Waals surface area (Å²) in [5, 5.41) is 19.9. The van der Waals surface area contributed by atoms with Gasteiger partial charge in [0.05, 0.1) is 11.1 Å². The number of primary amides is 1. The van der Waals surface area contributed by atoms with Crippen LogP contribution in [-0.4, -0.2) is 65.5 Å². The third-order valence-corrected chi connectivity index (χ3v) is 8.07. The number of aliphatic hydroxyl groups excluding tert-OH is 1. The SMILES string of the molecule is NC(=O)COc1cc(OCc2cccc(-c3ccc4c(c3)OCCO4)c2Br)c(Cl)cc1CN1CC(O)CC1C(=O)O. The number of carboxylic acid groups (broad SMARTS) is 1. The molecule has 0 bridgehead atoms. The maximum absolute atomic E-state index is 11.7. The van der Waals surface area contributed by atoms with Gasteiger partial charge in [-0.1, -0.05) is 35.9 Å². The number of nitrogens with two attached hydrogens (primary N) is 1. The quantitative estimate of drug-likeness (QED) is 0.298. The number of hydrogen-bond acceptors (Lipinski definition) is 8. The first-order chi connectivity index (χ1) is 19.7. The van der Waals surface area contributed by atoms with Gasteiger partial charge in [-0.3, -0.25) is 14.5 Å². The number of ether oxygens (including phenoxy) is 4. The van der Waals surface area contributed by atoms with Crippen LogP contribution in [-0.2, 0) is 22.7 Å².